The van der Waals surface area contributed by atoms with Crippen LogP contribution >= 0.6 is 0 Å². The largest absolute Gasteiger partial charge is 0.490 e. The van der Waals surface area contributed by atoms with Crippen molar-refractivity contribution in [1.29, 1.82) is 0 Å². The van der Waals surface area contributed by atoms with Crippen LogP contribution in [0.15, 0.2) is 52.7 Å². The first-order valence-electron chi connectivity index (χ1n) is 15.7. The average Bonchev–Trinajstić information content (AvgIpc) is 3.01. The van der Waals surface area contributed by atoms with Crippen LogP contribution in [0.2, 0.25) is 0 Å². The van der Waals surface area contributed by atoms with Crippen molar-refractivity contribution in [3.63, 3.8) is 0 Å². The SMILES string of the molecule is Cc1cc(N(CN=[N+]=[N-])C(=O)[C@H]2CC[C@H](Oc3cccc(CC(=O)NC(C)C)c3)CC2)ccc1CN1CCN[C@@H](CN=[N+]=[N-])C1. The Morgan fingerprint density at radius 3 is 2.60 bits per heavy atom. The summed E-state index contributed by atoms with van der Waals surface area (Å²) in [6, 6.07) is 13.8. The van der Waals surface area contributed by atoms with Crippen molar-refractivity contribution in [3.8, 4) is 5.75 Å². The molecule has 2 aromatic carbocycles. The molecule has 0 bridgehead atoms. The minimum Gasteiger partial charge on any atom is -0.490 e. The van der Waals surface area contributed by atoms with Crippen molar-refractivity contribution < 1.29 is 14.3 Å². The van der Waals surface area contributed by atoms with E-state index in [0.717, 1.165) is 61.5 Å². The Kier molecular flexibility index (Phi) is 12.5. The molecule has 240 valence electrons. The van der Waals surface area contributed by atoms with Gasteiger partial charge in [0.1, 0.15) is 12.4 Å². The highest BCUT2D eigenvalue weighted by atomic mass is 16.5. The minimum atomic E-state index is -0.196. The fraction of sp³-hybridized carbons (Fsp3) is 0.562. The highest BCUT2D eigenvalue weighted by molar-refractivity contribution is 5.95. The molecule has 2 aliphatic rings. The highest BCUT2D eigenvalue weighted by Gasteiger charge is 2.31. The summed E-state index contributed by atoms with van der Waals surface area (Å²) in [4.78, 5) is 35.6. The number of rotatable bonds is 13. The van der Waals surface area contributed by atoms with E-state index < -0.39 is 0 Å². The fourth-order valence-electron chi connectivity index (χ4n) is 6.06. The van der Waals surface area contributed by atoms with Crippen molar-refractivity contribution in [2.45, 2.75) is 77.6 Å². The zero-order valence-electron chi connectivity index (χ0n) is 26.4. The standard InChI is InChI=1S/C32H44N10O3/c1-22(2)38-31(43)17-24-5-4-6-30(16-24)45-29-11-8-25(9-12-29)32(44)42(21-37-40-34)28-10-7-26(23(3)15-28)19-41-14-13-35-27(20-41)18-36-39-33/h4-7,10,15-16,22,25,27,29,35H,8-9,11-14,17-21H2,1-3H3,(H,38,43)/t25-,27-,29-/m0/s1. The lowest BCUT2D eigenvalue weighted by Gasteiger charge is -2.34. The normalized spacial score (nSPS) is 20.0. The first-order valence-corrected chi connectivity index (χ1v) is 15.7. The Morgan fingerprint density at radius 1 is 1.11 bits per heavy atom. The van der Waals surface area contributed by atoms with Gasteiger partial charge in [-0.15, -0.1) is 0 Å². The van der Waals surface area contributed by atoms with E-state index in [0.29, 0.717) is 31.5 Å². The smallest absolute Gasteiger partial charge is 0.230 e. The molecule has 1 saturated heterocycles. The first-order chi connectivity index (χ1) is 21.7. The van der Waals surface area contributed by atoms with Gasteiger partial charge >= 0.3 is 0 Å². The molecule has 0 radical (unpaired) electrons. The molecular formula is C32H44N10O3. The van der Waals surface area contributed by atoms with E-state index in [1.165, 1.54) is 0 Å². The van der Waals surface area contributed by atoms with E-state index in [1.807, 2.05) is 63.2 Å². The number of anilines is 1. The second-order valence-electron chi connectivity index (χ2n) is 12.2. The molecule has 2 N–H and O–H groups in total. The first kappa shape index (κ1) is 33.6. The van der Waals surface area contributed by atoms with Crippen LogP contribution in [0.25, 0.3) is 20.9 Å². The van der Waals surface area contributed by atoms with Crippen LogP contribution in [-0.4, -0.2) is 67.7 Å². The van der Waals surface area contributed by atoms with Crippen LogP contribution in [-0.2, 0) is 22.6 Å². The van der Waals surface area contributed by atoms with E-state index in [4.69, 9.17) is 15.8 Å². The molecule has 2 amide bonds. The molecule has 13 heteroatoms. The number of ether oxygens (including phenoxy) is 1. The maximum Gasteiger partial charge on any atom is 0.230 e. The molecule has 1 atom stereocenters. The Bertz CT molecular complexity index is 1410. The van der Waals surface area contributed by atoms with Gasteiger partial charge in [-0.1, -0.05) is 28.4 Å². The molecule has 0 spiro atoms. The summed E-state index contributed by atoms with van der Waals surface area (Å²) in [5, 5.41) is 13.7. The summed E-state index contributed by atoms with van der Waals surface area (Å²) in [6.45, 7) is 9.51. The molecule has 1 aliphatic heterocycles. The second-order valence-corrected chi connectivity index (χ2v) is 12.2. The number of benzene rings is 2. The number of hydrogen-bond acceptors (Lipinski definition) is 7. The molecule has 2 aromatic rings. The van der Waals surface area contributed by atoms with Crippen molar-refractivity contribution in [3.05, 3.63) is 80.0 Å². The highest BCUT2D eigenvalue weighted by Crippen LogP contribution is 2.31. The molecular weight excluding hydrogens is 572 g/mol. The topological polar surface area (TPSA) is 171 Å². The van der Waals surface area contributed by atoms with Crippen LogP contribution in [0.1, 0.15) is 56.2 Å². The molecule has 13 nitrogen and oxygen atoms in total. The van der Waals surface area contributed by atoms with Gasteiger partial charge in [0, 0.05) is 66.2 Å². The quantitative estimate of drug-likeness (QED) is 0.174. The number of piperazine rings is 1. The predicted molar refractivity (Wildman–Crippen MR) is 174 cm³/mol. The summed E-state index contributed by atoms with van der Waals surface area (Å²) in [6.07, 6.45) is 3.08. The van der Waals surface area contributed by atoms with Gasteiger partial charge in [0.25, 0.3) is 0 Å². The summed E-state index contributed by atoms with van der Waals surface area (Å²) >= 11 is 0. The average molecular weight is 617 g/mol. The van der Waals surface area contributed by atoms with Crippen LogP contribution in [0.3, 0.4) is 0 Å². The van der Waals surface area contributed by atoms with E-state index in [9.17, 15) is 9.59 Å². The number of azide groups is 2. The number of nitrogens with zero attached hydrogens (tertiary/aromatic N) is 8. The van der Waals surface area contributed by atoms with E-state index in [-0.39, 0.29) is 42.6 Å². The van der Waals surface area contributed by atoms with Crippen molar-refractivity contribution in [1.82, 2.24) is 15.5 Å². The van der Waals surface area contributed by atoms with Crippen LogP contribution in [0.5, 0.6) is 5.75 Å². The lowest BCUT2D eigenvalue weighted by molar-refractivity contribution is -0.124. The van der Waals surface area contributed by atoms with Gasteiger partial charge in [-0.25, -0.2) is 0 Å². The second kappa shape index (κ2) is 16.7. The third-order valence-corrected chi connectivity index (χ3v) is 8.31. The Labute approximate surface area is 264 Å². The molecule has 0 unspecified atom stereocenters. The Hall–Kier alpha value is -4.28. The van der Waals surface area contributed by atoms with Gasteiger partial charge in [0.05, 0.1) is 12.5 Å². The Morgan fingerprint density at radius 2 is 1.89 bits per heavy atom. The number of carbonyl (C=O) groups excluding carboxylic acids is 2. The van der Waals surface area contributed by atoms with Crippen molar-refractivity contribution >= 4 is 17.5 Å². The zero-order chi connectivity index (χ0) is 32.2. The van der Waals surface area contributed by atoms with Crippen LogP contribution in [0.4, 0.5) is 5.69 Å². The van der Waals surface area contributed by atoms with Crippen molar-refractivity contribution in [2.24, 2.45) is 16.1 Å². The van der Waals surface area contributed by atoms with Crippen LogP contribution < -0.4 is 20.3 Å². The molecule has 1 saturated carbocycles. The fourth-order valence-corrected chi connectivity index (χ4v) is 6.06. The summed E-state index contributed by atoms with van der Waals surface area (Å²) in [5.74, 6) is 0.466. The molecule has 45 heavy (non-hydrogen) atoms. The number of aryl methyl sites for hydroxylation is 1. The molecule has 0 aromatic heterocycles. The third-order valence-electron chi connectivity index (χ3n) is 8.31. The minimum absolute atomic E-state index is 0.0165. The molecule has 2 fully saturated rings. The molecule has 4 rings (SSSR count). The number of carbonyl (C=O) groups is 2. The monoisotopic (exact) mass is 616 g/mol. The third kappa shape index (κ3) is 10.1. The van der Waals surface area contributed by atoms with E-state index >= 15 is 0 Å². The summed E-state index contributed by atoms with van der Waals surface area (Å²) < 4.78 is 6.26. The van der Waals surface area contributed by atoms with Gasteiger partial charge in [-0.2, -0.15) is 0 Å². The zero-order valence-corrected chi connectivity index (χ0v) is 26.4. The van der Waals surface area contributed by atoms with Gasteiger partial charge < -0.3 is 20.3 Å². The van der Waals surface area contributed by atoms with E-state index in [2.05, 4.69) is 35.6 Å². The number of hydrogen-bond donors (Lipinski definition) is 2. The number of nitrogens with one attached hydrogen (secondary N) is 2. The maximum absolute atomic E-state index is 13.7. The van der Waals surface area contributed by atoms with Gasteiger partial charge in [0.2, 0.25) is 11.8 Å². The lowest BCUT2D eigenvalue weighted by atomic mass is 9.86. The van der Waals surface area contributed by atoms with E-state index in [1.54, 1.807) is 4.90 Å². The Balaban J connectivity index is 1.35. The van der Waals surface area contributed by atoms with Gasteiger partial charge in [-0.05, 0) is 98.5 Å². The van der Waals surface area contributed by atoms with Crippen molar-refractivity contribution in [2.75, 3.05) is 37.7 Å². The number of amides is 2. The predicted octanol–water partition coefficient (Wildman–Crippen LogP) is 5.38. The van der Waals surface area contributed by atoms with Crippen LogP contribution in [0, 0.1) is 12.8 Å². The lowest BCUT2D eigenvalue weighted by Crippen LogP contribution is -2.51. The molecule has 1 heterocycles. The summed E-state index contributed by atoms with van der Waals surface area (Å²) in [5.41, 5.74) is 21.5. The maximum atomic E-state index is 13.7. The molecule has 1 aliphatic carbocycles. The summed E-state index contributed by atoms with van der Waals surface area (Å²) in [7, 11) is 0. The van der Waals surface area contributed by atoms with Gasteiger partial charge in [-0.3, -0.25) is 14.5 Å². The van der Waals surface area contributed by atoms with Gasteiger partial charge in [0.15, 0.2) is 0 Å².